The molecule has 0 radical (unpaired) electrons. The van der Waals surface area contributed by atoms with Crippen molar-refractivity contribution in [3.8, 4) is 0 Å². The molecular weight excluding hydrogens is 428 g/mol. The van der Waals surface area contributed by atoms with Crippen LogP contribution in [0.1, 0.15) is 68.8 Å². The van der Waals surface area contributed by atoms with Crippen molar-refractivity contribution >= 4 is 22.0 Å². The summed E-state index contributed by atoms with van der Waals surface area (Å²) in [6.45, 7) is 1.39. The van der Waals surface area contributed by atoms with Gasteiger partial charge in [0.2, 0.25) is 33.5 Å². The Morgan fingerprint density at radius 2 is 1.41 bits per heavy atom. The molecule has 8 nitrogen and oxygen atoms in total. The SMILES string of the molecule is [2H][13C]([2H])([2H])OC1=C(OC)C(=O)C(CCCCCCCCCCOS(=O)(=O)[O-])=C(C)C1=O.[K+]. The number of ether oxygens (including phenoxy) is 2. The third-order valence-electron chi connectivity index (χ3n) is 4.54. The number of ketones is 2. The van der Waals surface area contributed by atoms with Crippen LogP contribution in [0.5, 0.6) is 0 Å². The van der Waals surface area contributed by atoms with Gasteiger partial charge < -0.3 is 14.0 Å². The first-order chi connectivity index (χ1) is 14.4. The fraction of sp³-hybridized carbons (Fsp3) is 0.684. The predicted octanol–water partition coefficient (Wildman–Crippen LogP) is -0.0492. The Morgan fingerprint density at radius 1 is 0.897 bits per heavy atom. The maximum absolute atomic E-state index is 12.6. The number of allylic oxidation sites excluding steroid dienone is 2. The molecule has 0 aliphatic heterocycles. The van der Waals surface area contributed by atoms with E-state index in [-0.39, 0.29) is 69.3 Å². The summed E-state index contributed by atoms with van der Waals surface area (Å²) in [5, 5.41) is 0. The molecule has 0 heterocycles. The van der Waals surface area contributed by atoms with E-state index in [0.717, 1.165) is 38.5 Å². The fourth-order valence-electron chi connectivity index (χ4n) is 3.03. The molecule has 1 aliphatic rings. The summed E-state index contributed by atoms with van der Waals surface area (Å²) >= 11 is 0. The summed E-state index contributed by atoms with van der Waals surface area (Å²) in [5.41, 5.74) is 0.487. The van der Waals surface area contributed by atoms with Gasteiger partial charge in [-0.1, -0.05) is 38.5 Å². The van der Waals surface area contributed by atoms with Gasteiger partial charge in [0.05, 0.1) is 24.9 Å². The van der Waals surface area contributed by atoms with Crippen molar-refractivity contribution in [2.75, 3.05) is 20.8 Å². The number of hydrogen-bond donors (Lipinski definition) is 0. The number of Topliss-reactive ketones (excluding diaryl/α,β-unsaturated/α-hetero) is 2. The third-order valence-corrected chi connectivity index (χ3v) is 5.00. The van der Waals surface area contributed by atoms with Gasteiger partial charge in [-0.15, -0.1) is 0 Å². The van der Waals surface area contributed by atoms with E-state index in [2.05, 4.69) is 4.18 Å². The van der Waals surface area contributed by atoms with Gasteiger partial charge in [0, 0.05) is 11.1 Å². The van der Waals surface area contributed by atoms with Gasteiger partial charge in [-0.25, -0.2) is 8.42 Å². The molecule has 0 saturated heterocycles. The number of hydrogen-bond acceptors (Lipinski definition) is 8. The van der Waals surface area contributed by atoms with Gasteiger partial charge in [0.1, 0.15) is 0 Å². The molecule has 0 spiro atoms. The summed E-state index contributed by atoms with van der Waals surface area (Å²) in [6, 6.07) is 0. The number of methoxy groups -OCH3 is 2. The van der Waals surface area contributed by atoms with E-state index in [9.17, 15) is 22.6 Å². The standard InChI is InChI=1S/C19H30O8S.K/c1-14-15(17(21)19(26-3)18(25-2)16(14)20)12-10-8-6-4-5-7-9-11-13-27-28(22,23)24;/h4-13H2,1-3H3,(H,22,23,24);/q;+1/p-1/i2+1D3;. The first-order valence-electron chi connectivity index (χ1n) is 10.7. The maximum atomic E-state index is 12.6. The maximum Gasteiger partial charge on any atom is 1.00 e. The second-order valence-electron chi connectivity index (χ2n) is 6.53. The molecule has 10 heteroatoms. The Labute approximate surface area is 220 Å². The van der Waals surface area contributed by atoms with Crippen LogP contribution in [-0.4, -0.2) is 45.3 Å². The summed E-state index contributed by atoms with van der Waals surface area (Å²) in [5.74, 6) is -2.14. The van der Waals surface area contributed by atoms with E-state index in [1.807, 2.05) is 0 Å². The minimum Gasteiger partial charge on any atom is -0.726 e. The average molecular weight is 461 g/mol. The molecule has 1 rings (SSSR count). The zero-order valence-corrected chi connectivity index (χ0v) is 21.2. The zero-order valence-electron chi connectivity index (χ0n) is 20.2. The molecule has 0 N–H and O–H groups in total. The first kappa shape index (κ1) is 23.6. The van der Waals surface area contributed by atoms with Crippen molar-refractivity contribution in [3.63, 3.8) is 0 Å². The van der Waals surface area contributed by atoms with Crippen LogP contribution < -0.4 is 51.4 Å². The minimum atomic E-state index is -4.61. The van der Waals surface area contributed by atoms with Crippen molar-refractivity contribution in [1.82, 2.24) is 0 Å². The molecule has 1 aliphatic carbocycles. The summed E-state index contributed by atoms with van der Waals surface area (Å²) in [4.78, 5) is 25.1. The average Bonchev–Trinajstić information content (AvgIpc) is 2.64. The Morgan fingerprint density at radius 3 is 1.93 bits per heavy atom. The van der Waals surface area contributed by atoms with E-state index in [1.165, 1.54) is 14.0 Å². The van der Waals surface area contributed by atoms with E-state index >= 15 is 0 Å². The normalized spacial score (nSPS) is 16.9. The van der Waals surface area contributed by atoms with E-state index in [4.69, 9.17) is 13.6 Å². The van der Waals surface area contributed by atoms with Crippen LogP contribution >= 0.6 is 0 Å². The van der Waals surface area contributed by atoms with Crippen molar-refractivity contribution in [3.05, 3.63) is 22.7 Å². The Kier molecular flexibility index (Phi) is 12.1. The van der Waals surface area contributed by atoms with Crippen molar-refractivity contribution in [1.29, 1.82) is 0 Å². The molecule has 0 aromatic heterocycles. The molecule has 29 heavy (non-hydrogen) atoms. The Hall–Kier alpha value is -0.0736. The molecule has 0 aromatic rings. The number of rotatable bonds is 14. The van der Waals surface area contributed by atoms with E-state index in [0.29, 0.717) is 24.8 Å². The summed E-state index contributed by atoms with van der Waals surface area (Å²) in [6.07, 6.45) is 6.94. The molecule has 0 unspecified atom stereocenters. The topological polar surface area (TPSA) is 119 Å². The Balaban J connectivity index is 0.00000961. The van der Waals surface area contributed by atoms with Gasteiger partial charge in [-0.05, 0) is 26.2 Å². The quantitative estimate of drug-likeness (QED) is 0.0884. The molecule has 0 aromatic carbocycles. The zero-order chi connectivity index (χ0) is 23.7. The monoisotopic (exact) mass is 460 g/mol. The molecule has 0 atom stereocenters. The minimum absolute atomic E-state index is 0. The van der Waals surface area contributed by atoms with Crippen molar-refractivity contribution in [2.45, 2.75) is 64.7 Å². The van der Waals surface area contributed by atoms with Crippen LogP contribution in [0, 0.1) is 0 Å². The molecule has 0 amide bonds. The van der Waals surface area contributed by atoms with Crippen LogP contribution in [0.4, 0.5) is 0 Å². The number of carbonyl (C=O) groups is 2. The molecular formula is C19H29KO8S. The molecule has 0 bridgehead atoms. The molecule has 0 fully saturated rings. The van der Waals surface area contributed by atoms with Crippen molar-refractivity contribution < 1.29 is 91.7 Å². The van der Waals surface area contributed by atoms with Gasteiger partial charge in [-0.3, -0.25) is 13.8 Å². The van der Waals surface area contributed by atoms with E-state index < -0.39 is 34.8 Å². The van der Waals surface area contributed by atoms with Crippen LogP contribution in [-0.2, 0) is 33.6 Å². The Bertz CT molecular complexity index is 819. The van der Waals surface area contributed by atoms with Crippen LogP contribution in [0.2, 0.25) is 0 Å². The van der Waals surface area contributed by atoms with Crippen molar-refractivity contribution in [2.24, 2.45) is 0 Å². The molecule has 0 saturated carbocycles. The second kappa shape index (κ2) is 14.8. The largest absolute Gasteiger partial charge is 1.00 e. The van der Waals surface area contributed by atoms with Gasteiger partial charge in [0.25, 0.3) is 0 Å². The van der Waals surface area contributed by atoms with Crippen LogP contribution in [0.25, 0.3) is 0 Å². The fourth-order valence-corrected chi connectivity index (χ4v) is 3.35. The van der Waals surface area contributed by atoms with Crippen LogP contribution in [0.3, 0.4) is 0 Å². The van der Waals surface area contributed by atoms with Gasteiger partial charge >= 0.3 is 51.4 Å². The number of unbranched alkanes of at least 4 members (excludes halogenated alkanes) is 7. The molecule has 160 valence electrons. The second-order valence-corrected chi connectivity index (χ2v) is 7.59. The predicted molar refractivity (Wildman–Crippen MR) is 101 cm³/mol. The number of carbonyl (C=O) groups excluding carboxylic acids is 2. The first-order valence-corrected chi connectivity index (χ1v) is 10.6. The third kappa shape index (κ3) is 10.2. The van der Waals surface area contributed by atoms with Crippen LogP contribution in [0.15, 0.2) is 22.7 Å². The summed E-state index contributed by atoms with van der Waals surface area (Å²) in [7, 11) is -6.29. The summed E-state index contributed by atoms with van der Waals surface area (Å²) < 4.78 is 66.2. The van der Waals surface area contributed by atoms with Gasteiger partial charge in [-0.2, -0.15) is 0 Å². The van der Waals surface area contributed by atoms with E-state index in [1.54, 1.807) is 0 Å². The smallest absolute Gasteiger partial charge is 0.726 e. The van der Waals surface area contributed by atoms with Gasteiger partial charge in [0.15, 0.2) is 0 Å².